The van der Waals surface area contributed by atoms with E-state index < -0.39 is 11.4 Å². The molecule has 0 saturated carbocycles. The Morgan fingerprint density at radius 2 is 2.10 bits per heavy atom. The van der Waals surface area contributed by atoms with Crippen LogP contribution in [0.2, 0.25) is 0 Å². The minimum Gasteiger partial charge on any atom is -0.481 e. The quantitative estimate of drug-likeness (QED) is 0.871. The number of benzene rings is 1. The van der Waals surface area contributed by atoms with E-state index in [0.717, 1.165) is 11.3 Å². The molecule has 0 bridgehead atoms. The highest BCUT2D eigenvalue weighted by atomic mass is 16.4. The van der Waals surface area contributed by atoms with Gasteiger partial charge in [0.25, 0.3) is 0 Å². The zero-order chi connectivity index (χ0) is 15.5. The summed E-state index contributed by atoms with van der Waals surface area (Å²) in [6.45, 7) is 5.17. The third kappa shape index (κ3) is 3.42. The molecule has 1 saturated heterocycles. The summed E-state index contributed by atoms with van der Waals surface area (Å²) in [7, 11) is 0. The number of likely N-dealkylation sites (tertiary alicyclic amines) is 1. The molecule has 1 aromatic rings. The number of amides is 1. The second kappa shape index (κ2) is 6.26. The Hall–Kier alpha value is -1.88. The molecule has 1 aromatic carbocycles. The van der Waals surface area contributed by atoms with Crippen LogP contribution in [-0.4, -0.2) is 41.5 Å². The van der Waals surface area contributed by atoms with Crippen molar-refractivity contribution in [3.63, 3.8) is 0 Å². The van der Waals surface area contributed by atoms with Crippen molar-refractivity contribution in [3.8, 4) is 0 Å². The van der Waals surface area contributed by atoms with Gasteiger partial charge in [0.15, 0.2) is 0 Å². The van der Waals surface area contributed by atoms with Crippen molar-refractivity contribution < 1.29 is 14.7 Å². The number of carbonyl (C=O) groups excluding carboxylic acids is 1. The Labute approximate surface area is 125 Å². The van der Waals surface area contributed by atoms with Gasteiger partial charge in [0, 0.05) is 12.2 Å². The molecule has 21 heavy (non-hydrogen) atoms. The molecule has 0 aliphatic carbocycles. The summed E-state index contributed by atoms with van der Waals surface area (Å²) in [4.78, 5) is 25.4. The largest absolute Gasteiger partial charge is 0.481 e. The van der Waals surface area contributed by atoms with Crippen LogP contribution in [0.4, 0.5) is 5.69 Å². The van der Waals surface area contributed by atoms with Crippen LogP contribution in [0.15, 0.2) is 24.3 Å². The molecular formula is C16H22N2O3. The van der Waals surface area contributed by atoms with Gasteiger partial charge in [-0.25, -0.2) is 0 Å². The lowest BCUT2D eigenvalue weighted by molar-refractivity contribution is -0.148. The first-order valence-electron chi connectivity index (χ1n) is 7.28. The monoisotopic (exact) mass is 290 g/mol. The fourth-order valence-electron chi connectivity index (χ4n) is 2.81. The lowest BCUT2D eigenvalue weighted by Crippen LogP contribution is -2.37. The van der Waals surface area contributed by atoms with Crippen LogP contribution in [-0.2, 0) is 9.59 Å². The van der Waals surface area contributed by atoms with Crippen molar-refractivity contribution in [2.24, 2.45) is 5.41 Å². The van der Waals surface area contributed by atoms with Crippen LogP contribution in [0.5, 0.6) is 0 Å². The summed E-state index contributed by atoms with van der Waals surface area (Å²) < 4.78 is 0. The summed E-state index contributed by atoms with van der Waals surface area (Å²) in [6, 6.07) is 7.61. The fourth-order valence-corrected chi connectivity index (χ4v) is 2.81. The van der Waals surface area contributed by atoms with Gasteiger partial charge in [0.1, 0.15) is 0 Å². The first kappa shape index (κ1) is 15.5. The molecule has 1 heterocycles. The van der Waals surface area contributed by atoms with Gasteiger partial charge >= 0.3 is 5.97 Å². The van der Waals surface area contributed by atoms with Crippen LogP contribution in [0.25, 0.3) is 0 Å². The Morgan fingerprint density at radius 1 is 1.38 bits per heavy atom. The molecule has 0 radical (unpaired) electrons. The van der Waals surface area contributed by atoms with Crippen LogP contribution in [0.1, 0.15) is 25.3 Å². The average Bonchev–Trinajstić information content (AvgIpc) is 2.86. The highest BCUT2D eigenvalue weighted by molar-refractivity contribution is 5.93. The highest BCUT2D eigenvalue weighted by Gasteiger charge is 2.43. The number of carbonyl (C=O) groups is 2. The third-order valence-corrected chi connectivity index (χ3v) is 4.35. The number of hydrogen-bond donors (Lipinski definition) is 2. The van der Waals surface area contributed by atoms with Crippen molar-refractivity contribution in [2.75, 3.05) is 25.0 Å². The molecule has 1 unspecified atom stereocenters. The number of anilines is 1. The van der Waals surface area contributed by atoms with Gasteiger partial charge in [-0.2, -0.15) is 0 Å². The minimum atomic E-state index is -0.758. The van der Waals surface area contributed by atoms with Gasteiger partial charge in [-0.15, -0.1) is 0 Å². The summed E-state index contributed by atoms with van der Waals surface area (Å²) in [6.07, 6.45) is 1.20. The molecule has 1 fully saturated rings. The lowest BCUT2D eigenvalue weighted by Gasteiger charge is -2.22. The molecule has 5 nitrogen and oxygen atoms in total. The number of aliphatic carboxylic acids is 1. The predicted molar refractivity (Wildman–Crippen MR) is 81.2 cm³/mol. The highest BCUT2D eigenvalue weighted by Crippen LogP contribution is 2.33. The molecule has 1 atom stereocenters. The fraction of sp³-hybridized carbons (Fsp3) is 0.500. The number of nitrogens with one attached hydrogen (secondary N) is 1. The maximum absolute atomic E-state index is 12.1. The first-order valence-corrected chi connectivity index (χ1v) is 7.28. The molecular weight excluding hydrogens is 268 g/mol. The Morgan fingerprint density at radius 3 is 2.67 bits per heavy atom. The lowest BCUT2D eigenvalue weighted by atomic mass is 9.84. The molecule has 2 rings (SSSR count). The zero-order valence-electron chi connectivity index (χ0n) is 12.6. The van der Waals surface area contributed by atoms with Crippen LogP contribution in [0.3, 0.4) is 0 Å². The maximum atomic E-state index is 12.1. The maximum Gasteiger partial charge on any atom is 0.310 e. The van der Waals surface area contributed by atoms with Crippen LogP contribution < -0.4 is 5.32 Å². The summed E-state index contributed by atoms with van der Waals surface area (Å²) in [5.41, 5.74) is 1.13. The standard InChI is InChI=1S/C16H22N2O3/c1-3-16(15(20)21)8-9-18(11-16)10-14(19)17-13-7-5-4-6-12(13)2/h4-7H,3,8-11H2,1-2H3,(H,17,19)(H,20,21). The molecule has 1 aliphatic heterocycles. The van der Waals surface area contributed by atoms with Crippen molar-refractivity contribution in [2.45, 2.75) is 26.7 Å². The van der Waals surface area contributed by atoms with E-state index in [-0.39, 0.29) is 12.5 Å². The number of nitrogens with zero attached hydrogens (tertiary/aromatic N) is 1. The van der Waals surface area contributed by atoms with Crippen molar-refractivity contribution in [1.82, 2.24) is 4.90 Å². The van der Waals surface area contributed by atoms with E-state index in [1.54, 1.807) is 0 Å². The number of para-hydroxylation sites is 1. The number of rotatable bonds is 5. The van der Waals surface area contributed by atoms with E-state index in [0.29, 0.717) is 25.9 Å². The number of aryl methyl sites for hydroxylation is 1. The topological polar surface area (TPSA) is 69.6 Å². The van der Waals surface area contributed by atoms with Gasteiger partial charge in [-0.1, -0.05) is 25.1 Å². The molecule has 0 spiro atoms. The minimum absolute atomic E-state index is 0.0957. The zero-order valence-corrected chi connectivity index (χ0v) is 12.6. The predicted octanol–water partition coefficient (Wildman–Crippen LogP) is 2.12. The second-order valence-corrected chi connectivity index (χ2v) is 5.76. The van der Waals surface area contributed by atoms with E-state index in [2.05, 4.69) is 5.32 Å². The SMILES string of the molecule is CCC1(C(=O)O)CCN(CC(=O)Nc2ccccc2C)C1. The van der Waals surface area contributed by atoms with Gasteiger partial charge in [0.2, 0.25) is 5.91 Å². The van der Waals surface area contributed by atoms with E-state index in [9.17, 15) is 14.7 Å². The molecule has 114 valence electrons. The van der Waals surface area contributed by atoms with Gasteiger partial charge < -0.3 is 10.4 Å². The molecule has 0 aromatic heterocycles. The van der Waals surface area contributed by atoms with E-state index in [1.165, 1.54) is 0 Å². The number of carboxylic acids is 1. The summed E-state index contributed by atoms with van der Waals surface area (Å²) >= 11 is 0. The average molecular weight is 290 g/mol. The number of carboxylic acid groups (broad SMARTS) is 1. The third-order valence-electron chi connectivity index (χ3n) is 4.35. The van der Waals surface area contributed by atoms with Crippen molar-refractivity contribution in [1.29, 1.82) is 0 Å². The molecule has 1 aliphatic rings. The van der Waals surface area contributed by atoms with E-state index in [4.69, 9.17) is 0 Å². The first-order chi connectivity index (χ1) is 9.97. The Bertz CT molecular complexity index is 544. The Kier molecular flexibility index (Phi) is 4.63. The van der Waals surface area contributed by atoms with E-state index >= 15 is 0 Å². The second-order valence-electron chi connectivity index (χ2n) is 5.76. The van der Waals surface area contributed by atoms with Crippen LogP contribution in [0, 0.1) is 12.3 Å². The number of hydrogen-bond acceptors (Lipinski definition) is 3. The summed E-state index contributed by atoms with van der Waals surface area (Å²) in [5, 5.41) is 12.2. The van der Waals surface area contributed by atoms with Crippen molar-refractivity contribution in [3.05, 3.63) is 29.8 Å². The smallest absolute Gasteiger partial charge is 0.310 e. The molecule has 2 N–H and O–H groups in total. The summed E-state index contributed by atoms with van der Waals surface area (Å²) in [5.74, 6) is -0.853. The molecule has 1 amide bonds. The van der Waals surface area contributed by atoms with Gasteiger partial charge in [0.05, 0.1) is 12.0 Å². The van der Waals surface area contributed by atoms with Crippen molar-refractivity contribution >= 4 is 17.6 Å². The van der Waals surface area contributed by atoms with Crippen LogP contribution >= 0.6 is 0 Å². The molecule has 5 heteroatoms. The van der Waals surface area contributed by atoms with Gasteiger partial charge in [-0.3, -0.25) is 14.5 Å². The normalized spacial score (nSPS) is 22.2. The Balaban J connectivity index is 1.93. The van der Waals surface area contributed by atoms with E-state index in [1.807, 2.05) is 43.0 Å². The van der Waals surface area contributed by atoms with Gasteiger partial charge in [-0.05, 0) is 37.9 Å².